The number of carboxylic acid groups (broad SMARTS) is 1. The molecule has 0 fully saturated rings. The second-order valence-corrected chi connectivity index (χ2v) is 19.2. The number of ether oxygens (including phenoxy) is 3. The van der Waals surface area contributed by atoms with Crippen LogP contribution in [0.3, 0.4) is 0 Å². The molecule has 0 saturated heterocycles. The number of carbonyl (C=O) groups is 8. The Morgan fingerprint density at radius 1 is 0.524 bits per heavy atom. The van der Waals surface area contributed by atoms with E-state index in [4.69, 9.17) is 51.6 Å². The third-order valence-corrected chi connectivity index (χ3v) is 4.70. The highest BCUT2D eigenvalue weighted by molar-refractivity contribution is 7.64. The van der Waals surface area contributed by atoms with E-state index in [0.29, 0.717) is 18.2 Å². The Kier molecular flexibility index (Phi) is 23.2. The highest BCUT2D eigenvalue weighted by Crippen LogP contribution is 2.17. The van der Waals surface area contributed by atoms with E-state index in [1.165, 1.54) is 14.0 Å². The van der Waals surface area contributed by atoms with Crippen LogP contribution in [-0.4, -0.2) is 88.8 Å². The lowest BCUT2D eigenvalue weighted by molar-refractivity contribution is -0.145. The molecule has 0 heterocycles. The third kappa shape index (κ3) is 32.4. The van der Waals surface area contributed by atoms with Gasteiger partial charge in [0, 0.05) is 49.1 Å². The predicted molar refractivity (Wildman–Crippen MR) is 150 cm³/mol. The molecule has 0 unspecified atom stereocenters. The number of esters is 3. The minimum absolute atomic E-state index is 0.462. The van der Waals surface area contributed by atoms with Gasteiger partial charge in [-0.15, -0.1) is 33.2 Å². The number of allylic oxidation sites excluding steroid dienone is 1. The molecule has 1 N–H and O–H groups in total. The van der Waals surface area contributed by atoms with Crippen LogP contribution in [0, 0.1) is 0 Å². The summed E-state index contributed by atoms with van der Waals surface area (Å²) < 4.78 is 27.3. The van der Waals surface area contributed by atoms with Crippen LogP contribution in [0.1, 0.15) is 6.92 Å². The second kappa shape index (κ2) is 22.9. The largest absolute Gasteiger partial charge is 0.702 e. The molecule has 0 radical (unpaired) electrons. The molecular weight excluding hydrogens is 667 g/mol. The normalized spacial score (nSPS) is 11.0. The van der Waals surface area contributed by atoms with Crippen LogP contribution in [0.4, 0.5) is 0 Å². The minimum atomic E-state index is -4.29. The Morgan fingerprint density at radius 2 is 0.762 bits per heavy atom. The van der Waals surface area contributed by atoms with Gasteiger partial charge in [-0.25, -0.2) is 33.6 Å². The van der Waals surface area contributed by atoms with Gasteiger partial charge in [0.1, 0.15) is 0 Å². The van der Waals surface area contributed by atoms with Gasteiger partial charge in [0.05, 0.1) is 21.3 Å². The molecule has 15 nitrogen and oxygen atoms in total. The van der Waals surface area contributed by atoms with Gasteiger partial charge in [0.15, 0.2) is 5.78 Å². The van der Waals surface area contributed by atoms with Gasteiger partial charge in [-0.2, -0.15) is 0 Å². The fourth-order valence-corrected chi connectivity index (χ4v) is 2.94. The summed E-state index contributed by atoms with van der Waals surface area (Å²) in [5.74, 6) is -7.49. The summed E-state index contributed by atoms with van der Waals surface area (Å²) in [5, 5.41) is 7.96. The Morgan fingerprint density at radius 3 is 1.00 bits per heavy atom. The van der Waals surface area contributed by atoms with Crippen molar-refractivity contribution in [2.45, 2.75) is 20.0 Å². The van der Waals surface area contributed by atoms with Crippen LogP contribution >= 0.6 is 33.2 Å². The lowest BCUT2D eigenvalue weighted by atomic mass is 10.4. The molecule has 0 aromatic rings. The maximum absolute atomic E-state index is 11.8. The summed E-state index contributed by atoms with van der Waals surface area (Å²) in [6, 6.07) is -2.19. The monoisotopic (exact) mass is 692 g/mol. The lowest BCUT2D eigenvalue weighted by Gasteiger charge is -2.22. The van der Waals surface area contributed by atoms with Gasteiger partial charge in [-0.05, 0) is 19.5 Å². The van der Waals surface area contributed by atoms with Gasteiger partial charge in [-0.1, -0.05) is 0 Å². The van der Waals surface area contributed by atoms with E-state index in [-0.39, 0.29) is 0 Å². The second-order valence-electron chi connectivity index (χ2n) is 6.76. The van der Waals surface area contributed by atoms with Crippen molar-refractivity contribution in [2.75, 3.05) is 21.3 Å². The molecule has 42 heavy (non-hydrogen) atoms. The van der Waals surface area contributed by atoms with Crippen molar-refractivity contribution in [3.63, 3.8) is 0 Å². The lowest BCUT2D eigenvalue weighted by Crippen LogP contribution is -2.46. The van der Waals surface area contributed by atoms with Gasteiger partial charge in [-0.3, -0.25) is 4.79 Å². The summed E-state index contributed by atoms with van der Waals surface area (Å²) in [7, 11) is -0.960. The number of ketones is 1. The summed E-state index contributed by atoms with van der Waals surface area (Å²) in [6.07, 6.45) is 5.96. The van der Waals surface area contributed by atoms with Crippen LogP contribution in [-0.2, 0) is 65.8 Å². The van der Waals surface area contributed by atoms with Gasteiger partial charge in [0.25, 0.3) is 0 Å². The summed E-state index contributed by atoms with van der Waals surface area (Å²) in [6.45, 7) is 3.83. The molecule has 234 valence electrons. The minimum Gasteiger partial charge on any atom is -0.478 e. The molecule has 20 heteroatoms. The van der Waals surface area contributed by atoms with Crippen molar-refractivity contribution in [3.05, 3.63) is 48.6 Å². The fraction of sp³-hybridized carbons (Fsp3) is 0.273. The van der Waals surface area contributed by atoms with Crippen molar-refractivity contribution < 1.29 is 71.0 Å². The van der Waals surface area contributed by atoms with E-state index in [1.54, 1.807) is 6.55 Å². The zero-order chi connectivity index (χ0) is 33.5. The number of hydrogen-bond acceptors (Lipinski definition) is 14. The molecule has 0 amide bonds. The number of halogens is 3. The van der Waals surface area contributed by atoms with E-state index in [2.05, 4.69) is 14.2 Å². The molecule has 0 aliphatic carbocycles. The zero-order valence-electron chi connectivity index (χ0n) is 22.9. The highest BCUT2D eigenvalue weighted by atomic mass is 35.8. The molecule has 0 saturated carbocycles. The Bertz CT molecular complexity index is 1060. The summed E-state index contributed by atoms with van der Waals surface area (Å²) in [5.41, 5.74) is 0. The highest BCUT2D eigenvalue weighted by Gasteiger charge is 2.46. The van der Waals surface area contributed by atoms with Crippen molar-refractivity contribution in [3.8, 4) is 0 Å². The SMILES string of the molecule is COC(=O)/C=C/C(=O)O.COC(=O)/C=C/C(=O)O[Si](C)(OC(=O)/C=C/C(C)=O)OC(=O)/C=C/C(=O)OC.C[Si](Cl)(Cl)Cl. The third-order valence-electron chi connectivity index (χ3n) is 2.99. The maximum atomic E-state index is 11.8. The van der Waals surface area contributed by atoms with Crippen molar-refractivity contribution >= 4 is 95.6 Å². The predicted octanol–water partition coefficient (Wildman–Crippen LogP) is 1.86. The number of aliphatic carboxylic acids is 1. The molecule has 0 aliphatic heterocycles. The first-order valence-corrected chi connectivity index (χ1v) is 18.4. The number of rotatable bonds is 11. The van der Waals surface area contributed by atoms with Crippen LogP contribution in [0.25, 0.3) is 0 Å². The van der Waals surface area contributed by atoms with E-state index in [0.717, 1.165) is 51.1 Å². The van der Waals surface area contributed by atoms with E-state index in [9.17, 15) is 38.4 Å². The van der Waals surface area contributed by atoms with E-state index in [1.807, 2.05) is 0 Å². The standard InChI is InChI=1S/C16H18O11Si.C5H6O4.CH3Cl3Si/c1-11(17)5-6-14(20)25-28(4,26-15(21)9-7-12(18)23-2)27-16(22)10-8-13(19)24-3;1-9-5(8)3-2-4(6)7;1-5(2,3)4/h5-10H,1-4H3;2-3H,1H3,(H,6,7);1H3/b6-5+,9-7+,10-8+;3-2+;. The van der Waals surface area contributed by atoms with E-state index >= 15 is 0 Å². The average molecular weight is 694 g/mol. The molecule has 0 aromatic heterocycles. The zero-order valence-corrected chi connectivity index (χ0v) is 27.2. The molecular formula is C22H27Cl3O15Si2. The van der Waals surface area contributed by atoms with Crippen LogP contribution in [0.2, 0.25) is 13.1 Å². The van der Waals surface area contributed by atoms with Gasteiger partial charge >= 0.3 is 56.6 Å². The van der Waals surface area contributed by atoms with Crippen molar-refractivity contribution in [1.29, 1.82) is 0 Å². The molecule has 0 atom stereocenters. The van der Waals surface area contributed by atoms with E-state index < -0.39 is 62.4 Å². The van der Waals surface area contributed by atoms with Gasteiger partial charge < -0.3 is 32.6 Å². The topological polar surface area (TPSA) is 212 Å². The number of carboxylic acids is 1. The Labute approximate surface area is 256 Å². The van der Waals surface area contributed by atoms with Crippen LogP contribution in [0.5, 0.6) is 0 Å². The maximum Gasteiger partial charge on any atom is 0.702 e. The van der Waals surface area contributed by atoms with Crippen LogP contribution < -0.4 is 0 Å². The molecule has 0 aromatic carbocycles. The first kappa shape index (κ1) is 42.7. The smallest absolute Gasteiger partial charge is 0.478 e. The number of carbonyl (C=O) groups excluding carboxylic acids is 7. The number of methoxy groups -OCH3 is 3. The summed E-state index contributed by atoms with van der Waals surface area (Å²) in [4.78, 5) is 88.1. The molecule has 0 aliphatic rings. The Hall–Kier alpha value is -3.78. The Balaban J connectivity index is -0.000000889. The van der Waals surface area contributed by atoms with Crippen LogP contribution in [0.15, 0.2) is 48.6 Å². The van der Waals surface area contributed by atoms with Crippen molar-refractivity contribution in [1.82, 2.24) is 0 Å². The average Bonchev–Trinajstić information content (AvgIpc) is 2.86. The first-order chi connectivity index (χ1) is 19.2. The van der Waals surface area contributed by atoms with Crippen molar-refractivity contribution in [2.24, 2.45) is 0 Å². The quantitative estimate of drug-likeness (QED) is 0.108. The molecule has 0 spiro atoms. The first-order valence-electron chi connectivity index (χ1n) is 10.6. The number of hydrogen-bond donors (Lipinski definition) is 1. The van der Waals surface area contributed by atoms with Gasteiger partial charge in [0.2, 0.25) is 0 Å². The molecule has 0 bridgehead atoms. The fourth-order valence-electron chi connectivity index (χ4n) is 1.51. The molecule has 0 rings (SSSR count). The summed E-state index contributed by atoms with van der Waals surface area (Å²) >= 11 is 15.6.